The third-order valence-corrected chi connectivity index (χ3v) is 8.12. The van der Waals surface area contributed by atoms with Crippen molar-refractivity contribution in [2.24, 2.45) is 5.41 Å². The average molecular weight is 601 g/mol. The number of likely N-dealkylation sites (tertiary alicyclic amines) is 1. The van der Waals surface area contributed by atoms with Crippen LogP contribution in [0.25, 0.3) is 0 Å². The Morgan fingerprint density at radius 3 is 2.32 bits per heavy atom. The number of aromatic amines is 1. The van der Waals surface area contributed by atoms with E-state index >= 15 is 0 Å². The Bertz CT molecular complexity index is 1550. The van der Waals surface area contributed by atoms with Gasteiger partial charge in [-0.2, -0.15) is 4.98 Å². The van der Waals surface area contributed by atoms with E-state index in [-0.39, 0.29) is 24.2 Å². The minimum absolute atomic E-state index is 0.105. The Kier molecular flexibility index (Phi) is 9.17. The monoisotopic (exact) mass is 600 g/mol. The lowest BCUT2D eigenvalue weighted by Gasteiger charge is -2.30. The number of hydrogen-bond donors (Lipinski definition) is 1. The summed E-state index contributed by atoms with van der Waals surface area (Å²) in [4.78, 5) is 64.5. The molecule has 2 heterocycles. The number of esters is 1. The van der Waals surface area contributed by atoms with Gasteiger partial charge in [0.25, 0.3) is 5.91 Å². The summed E-state index contributed by atoms with van der Waals surface area (Å²) in [7, 11) is 0. The predicted molar refractivity (Wildman–Crippen MR) is 164 cm³/mol. The highest BCUT2D eigenvalue weighted by molar-refractivity contribution is 5.96. The molecular weight excluding hydrogens is 560 g/mol. The number of rotatable bonds is 8. The Morgan fingerprint density at radius 1 is 1.02 bits per heavy atom. The molecule has 1 fully saturated rings. The van der Waals surface area contributed by atoms with Crippen LogP contribution in [-0.4, -0.2) is 56.9 Å². The Balaban J connectivity index is 1.48. The second kappa shape index (κ2) is 13.0. The summed E-state index contributed by atoms with van der Waals surface area (Å²) in [5.41, 5.74) is 1.33. The van der Waals surface area contributed by atoms with Crippen molar-refractivity contribution in [2.45, 2.75) is 78.5 Å². The van der Waals surface area contributed by atoms with Gasteiger partial charge in [-0.25, -0.2) is 4.79 Å². The number of benzene rings is 2. The van der Waals surface area contributed by atoms with Crippen molar-refractivity contribution in [3.05, 3.63) is 93.2 Å². The summed E-state index contributed by atoms with van der Waals surface area (Å²) in [5.74, 6) is -1.37. The first-order chi connectivity index (χ1) is 21.1. The van der Waals surface area contributed by atoms with Crippen LogP contribution < -0.4 is 10.3 Å². The molecule has 2 amide bonds. The number of fused-ring (bicyclic) bond motifs is 1. The summed E-state index contributed by atoms with van der Waals surface area (Å²) in [6.07, 6.45) is 2.72. The maximum Gasteiger partial charge on any atom is 0.410 e. The zero-order chi connectivity index (χ0) is 31.4. The van der Waals surface area contributed by atoms with Crippen LogP contribution in [0.1, 0.15) is 86.0 Å². The second-order valence-corrected chi connectivity index (χ2v) is 12.5. The molecule has 1 saturated heterocycles. The van der Waals surface area contributed by atoms with E-state index in [1.807, 2.05) is 49.4 Å². The van der Waals surface area contributed by atoms with E-state index in [2.05, 4.69) is 22.1 Å². The lowest BCUT2D eigenvalue weighted by molar-refractivity contribution is -0.143. The fourth-order valence-electron chi connectivity index (χ4n) is 5.79. The first-order valence-electron chi connectivity index (χ1n) is 15.3. The molecule has 1 N–H and O–H groups in total. The first kappa shape index (κ1) is 31.0. The van der Waals surface area contributed by atoms with Crippen molar-refractivity contribution in [2.75, 3.05) is 13.1 Å². The van der Waals surface area contributed by atoms with Crippen LogP contribution in [0, 0.1) is 5.41 Å². The van der Waals surface area contributed by atoms with E-state index in [9.17, 15) is 19.2 Å². The van der Waals surface area contributed by atoms with Gasteiger partial charge >= 0.3 is 17.6 Å². The number of nitrogens with zero attached hydrogens (tertiary/aromatic N) is 3. The fraction of sp³-hybridized carbons (Fsp3) is 0.441. The number of H-pyrrole nitrogens is 1. The van der Waals surface area contributed by atoms with Crippen molar-refractivity contribution in [1.29, 1.82) is 0 Å². The molecule has 0 unspecified atom stereocenters. The Morgan fingerprint density at radius 2 is 1.68 bits per heavy atom. The molecule has 1 aromatic heterocycles. The first-order valence-corrected chi connectivity index (χ1v) is 15.3. The van der Waals surface area contributed by atoms with Gasteiger partial charge < -0.3 is 19.4 Å². The number of aromatic nitrogens is 2. The van der Waals surface area contributed by atoms with Crippen LogP contribution >= 0.6 is 0 Å². The van der Waals surface area contributed by atoms with Crippen molar-refractivity contribution >= 4 is 18.0 Å². The van der Waals surface area contributed by atoms with Gasteiger partial charge in [0.1, 0.15) is 12.4 Å². The van der Waals surface area contributed by atoms with Gasteiger partial charge in [0.15, 0.2) is 5.69 Å². The molecule has 232 valence electrons. The lowest BCUT2D eigenvalue weighted by Crippen LogP contribution is -2.43. The van der Waals surface area contributed by atoms with E-state index in [1.54, 1.807) is 25.7 Å². The normalized spacial score (nSPS) is 16.5. The quantitative estimate of drug-likeness (QED) is 0.352. The summed E-state index contributed by atoms with van der Waals surface area (Å²) in [6, 6.07) is 16.7. The SMILES string of the molecule is CCCN(C(=O)c1[nH]c([C@@H]2CCCN2C(=O)OCc2ccccc2)nc(=O)c1OC(=O)C(C)(C)C)C1Cc2ccccc2C1. The standard InChI is InChI=1S/C34H40N4O6/c1-5-17-37(25-19-23-14-9-10-15-24(23)20-25)31(40)27-28(44-32(41)34(2,3)4)30(39)36-29(35-27)26-16-11-18-38(26)33(42)43-21-22-12-7-6-8-13-22/h6-10,12-15,25-26H,5,11,16-21H2,1-4H3,(H,35,36,39)/t26-/m0/s1. The molecule has 5 rings (SSSR count). The topological polar surface area (TPSA) is 122 Å². The van der Waals surface area contributed by atoms with E-state index in [0.717, 1.165) is 5.56 Å². The van der Waals surface area contributed by atoms with E-state index < -0.39 is 40.7 Å². The van der Waals surface area contributed by atoms with Crippen LogP contribution in [0.4, 0.5) is 4.79 Å². The minimum atomic E-state index is -0.924. The van der Waals surface area contributed by atoms with Crippen LogP contribution in [0.3, 0.4) is 0 Å². The van der Waals surface area contributed by atoms with Gasteiger partial charge in [-0.3, -0.25) is 19.3 Å². The van der Waals surface area contributed by atoms with Crippen molar-refractivity contribution in [3.63, 3.8) is 0 Å². The van der Waals surface area contributed by atoms with Crippen molar-refractivity contribution in [1.82, 2.24) is 19.8 Å². The predicted octanol–water partition coefficient (Wildman–Crippen LogP) is 5.21. The zero-order valence-corrected chi connectivity index (χ0v) is 25.8. The zero-order valence-electron chi connectivity index (χ0n) is 25.8. The molecule has 1 aliphatic carbocycles. The average Bonchev–Trinajstić information content (AvgIpc) is 3.67. The fourth-order valence-corrected chi connectivity index (χ4v) is 5.79. The molecule has 1 aliphatic heterocycles. The van der Waals surface area contributed by atoms with Crippen molar-refractivity contribution in [3.8, 4) is 5.75 Å². The molecule has 1 atom stereocenters. The van der Waals surface area contributed by atoms with Crippen LogP contribution in [0.2, 0.25) is 0 Å². The highest BCUT2D eigenvalue weighted by atomic mass is 16.6. The molecular formula is C34H40N4O6. The van der Waals surface area contributed by atoms with E-state index in [4.69, 9.17) is 9.47 Å². The van der Waals surface area contributed by atoms with Gasteiger partial charge in [-0.05, 0) is 69.6 Å². The van der Waals surface area contributed by atoms with Crippen LogP contribution in [-0.2, 0) is 29.0 Å². The number of nitrogens with one attached hydrogen (secondary N) is 1. The maximum absolute atomic E-state index is 14.4. The van der Waals surface area contributed by atoms with Gasteiger partial charge in [-0.15, -0.1) is 0 Å². The molecule has 44 heavy (non-hydrogen) atoms. The summed E-state index contributed by atoms with van der Waals surface area (Å²) in [6.45, 7) is 7.96. The molecule has 10 nitrogen and oxygen atoms in total. The molecule has 0 bridgehead atoms. The Hall–Kier alpha value is -4.47. The van der Waals surface area contributed by atoms with E-state index in [1.165, 1.54) is 16.0 Å². The summed E-state index contributed by atoms with van der Waals surface area (Å²) >= 11 is 0. The number of amides is 2. The largest absolute Gasteiger partial charge is 0.445 e. The third-order valence-electron chi connectivity index (χ3n) is 8.12. The summed E-state index contributed by atoms with van der Waals surface area (Å²) < 4.78 is 11.2. The molecule has 10 heteroatoms. The van der Waals surface area contributed by atoms with Gasteiger partial charge in [0.05, 0.1) is 11.5 Å². The van der Waals surface area contributed by atoms with Crippen LogP contribution in [0.15, 0.2) is 59.4 Å². The van der Waals surface area contributed by atoms with Gasteiger partial charge in [0.2, 0.25) is 5.75 Å². The van der Waals surface area contributed by atoms with Crippen molar-refractivity contribution < 1.29 is 23.9 Å². The smallest absolute Gasteiger partial charge is 0.410 e. The highest BCUT2D eigenvalue weighted by Gasteiger charge is 2.38. The third kappa shape index (κ3) is 6.69. The maximum atomic E-state index is 14.4. The summed E-state index contributed by atoms with van der Waals surface area (Å²) in [5, 5.41) is 0. The lowest BCUT2D eigenvalue weighted by atomic mass is 9.97. The highest BCUT2D eigenvalue weighted by Crippen LogP contribution is 2.33. The Labute approximate surface area is 257 Å². The van der Waals surface area contributed by atoms with E-state index in [0.29, 0.717) is 45.2 Å². The molecule has 0 saturated carbocycles. The molecule has 0 spiro atoms. The molecule has 2 aliphatic rings. The second-order valence-electron chi connectivity index (χ2n) is 12.5. The molecule has 2 aromatic carbocycles. The number of carbonyl (C=O) groups is 3. The van der Waals surface area contributed by atoms with Gasteiger partial charge in [0, 0.05) is 19.1 Å². The molecule has 0 radical (unpaired) electrons. The van der Waals surface area contributed by atoms with Crippen LogP contribution in [0.5, 0.6) is 5.75 Å². The number of hydrogen-bond acceptors (Lipinski definition) is 7. The number of ether oxygens (including phenoxy) is 2. The molecule has 3 aromatic rings. The van der Waals surface area contributed by atoms with Gasteiger partial charge in [-0.1, -0.05) is 61.5 Å². The number of carbonyl (C=O) groups excluding carboxylic acids is 3. The minimum Gasteiger partial charge on any atom is -0.445 e.